The molecule has 3 aromatic rings. The molecule has 0 spiro atoms. The van der Waals surface area contributed by atoms with E-state index in [0.29, 0.717) is 46.8 Å². The van der Waals surface area contributed by atoms with Gasteiger partial charge in [-0.2, -0.15) is 5.10 Å². The van der Waals surface area contributed by atoms with Crippen LogP contribution < -0.4 is 10.1 Å². The summed E-state index contributed by atoms with van der Waals surface area (Å²) in [6.07, 6.45) is 7.52. The number of methoxy groups -OCH3 is 1. The Morgan fingerprint density at radius 3 is 2.68 bits per heavy atom. The number of hydrogen-bond donors (Lipinski definition) is 1. The average molecular weight is 483 g/mol. The second kappa shape index (κ2) is 9.23. The Hall–Kier alpha value is -3.17. The fourth-order valence-corrected chi connectivity index (χ4v) is 4.58. The SMILES string of the molecule is COc1cc(C(=O)N2C[C@H]3CC[C@@H](C2)O3)ccc1Nc1ncc(Cl)c(-c2cnn(C(C)C)c2)n1. The molecular weight excluding hydrogens is 456 g/mol. The number of benzene rings is 1. The minimum absolute atomic E-state index is 0.0164. The molecule has 0 aliphatic carbocycles. The number of fused-ring (bicyclic) bond motifs is 2. The van der Waals surface area contributed by atoms with Crippen molar-refractivity contribution in [2.45, 2.75) is 44.9 Å². The maximum Gasteiger partial charge on any atom is 0.254 e. The van der Waals surface area contributed by atoms with E-state index in [1.165, 1.54) is 0 Å². The third-order valence-electron chi connectivity index (χ3n) is 6.17. The van der Waals surface area contributed by atoms with Crippen molar-refractivity contribution in [2.75, 3.05) is 25.5 Å². The van der Waals surface area contributed by atoms with Gasteiger partial charge >= 0.3 is 0 Å². The molecule has 2 atom stereocenters. The molecule has 2 bridgehead atoms. The van der Waals surface area contributed by atoms with Gasteiger partial charge in [-0.15, -0.1) is 0 Å². The minimum Gasteiger partial charge on any atom is -0.495 e. The van der Waals surface area contributed by atoms with Crippen molar-refractivity contribution in [3.05, 3.63) is 47.4 Å². The lowest BCUT2D eigenvalue weighted by molar-refractivity contribution is -0.0303. The zero-order chi connectivity index (χ0) is 23.8. The molecule has 1 aromatic carbocycles. The van der Waals surface area contributed by atoms with E-state index >= 15 is 0 Å². The van der Waals surface area contributed by atoms with Gasteiger partial charge in [0, 0.05) is 36.5 Å². The number of rotatable bonds is 6. The minimum atomic E-state index is -0.0164. The molecule has 0 unspecified atom stereocenters. The first-order valence-corrected chi connectivity index (χ1v) is 11.8. The van der Waals surface area contributed by atoms with Crippen molar-refractivity contribution in [2.24, 2.45) is 0 Å². The van der Waals surface area contributed by atoms with Crippen LogP contribution in [-0.2, 0) is 4.74 Å². The van der Waals surface area contributed by atoms with Gasteiger partial charge in [-0.3, -0.25) is 9.48 Å². The van der Waals surface area contributed by atoms with E-state index < -0.39 is 0 Å². The Bertz CT molecular complexity index is 1200. The number of ether oxygens (including phenoxy) is 2. The normalized spacial score (nSPS) is 19.5. The molecule has 9 nitrogen and oxygen atoms in total. The van der Waals surface area contributed by atoms with Gasteiger partial charge in [0.25, 0.3) is 5.91 Å². The Morgan fingerprint density at radius 1 is 1.24 bits per heavy atom. The second-order valence-corrected chi connectivity index (χ2v) is 9.31. The van der Waals surface area contributed by atoms with Gasteiger partial charge in [0.05, 0.1) is 48.1 Å². The molecule has 4 heterocycles. The van der Waals surface area contributed by atoms with E-state index in [4.69, 9.17) is 21.1 Å². The first-order valence-electron chi connectivity index (χ1n) is 11.4. The predicted molar refractivity (Wildman–Crippen MR) is 129 cm³/mol. The number of carbonyl (C=O) groups is 1. The standard InChI is InChI=1S/C24H27ClN6O3/c1-14(2)31-11-16(9-27-31)22-19(25)10-26-24(29-22)28-20-7-4-15(8-21(20)33-3)23(32)30-12-17-5-6-18(13-30)34-17/h4,7-11,14,17-18H,5-6,12-13H2,1-3H3,(H,26,28,29)/t17-,18+. The zero-order valence-electron chi connectivity index (χ0n) is 19.4. The van der Waals surface area contributed by atoms with Crippen LogP contribution in [0.4, 0.5) is 11.6 Å². The van der Waals surface area contributed by atoms with E-state index in [1.54, 1.807) is 37.7 Å². The van der Waals surface area contributed by atoms with Gasteiger partial charge in [0.1, 0.15) is 5.75 Å². The number of nitrogens with one attached hydrogen (secondary N) is 1. The summed E-state index contributed by atoms with van der Waals surface area (Å²) in [6, 6.07) is 5.56. The van der Waals surface area contributed by atoms with Crippen LogP contribution in [-0.4, -0.2) is 63.0 Å². The quantitative estimate of drug-likeness (QED) is 0.558. The molecule has 0 radical (unpaired) electrons. The fourth-order valence-electron chi connectivity index (χ4n) is 4.38. The number of likely N-dealkylation sites (tertiary alicyclic amines) is 1. The van der Waals surface area contributed by atoms with Crippen LogP contribution in [0.5, 0.6) is 5.75 Å². The van der Waals surface area contributed by atoms with Crippen LogP contribution >= 0.6 is 11.6 Å². The molecule has 2 saturated heterocycles. The summed E-state index contributed by atoms with van der Waals surface area (Å²) < 4.78 is 13.3. The Morgan fingerprint density at radius 2 is 2.00 bits per heavy atom. The molecule has 2 aliphatic heterocycles. The average Bonchev–Trinajstić information content (AvgIpc) is 3.46. The van der Waals surface area contributed by atoms with Crippen molar-refractivity contribution in [1.82, 2.24) is 24.6 Å². The van der Waals surface area contributed by atoms with Gasteiger partial charge in [0.15, 0.2) is 0 Å². The topological polar surface area (TPSA) is 94.4 Å². The van der Waals surface area contributed by atoms with Crippen LogP contribution in [0.2, 0.25) is 5.02 Å². The van der Waals surface area contributed by atoms with Crippen molar-refractivity contribution in [1.29, 1.82) is 0 Å². The summed E-state index contributed by atoms with van der Waals surface area (Å²) >= 11 is 6.37. The molecule has 2 aliphatic rings. The number of anilines is 2. The van der Waals surface area contributed by atoms with Crippen molar-refractivity contribution in [3.63, 3.8) is 0 Å². The number of aromatic nitrogens is 4. The third-order valence-corrected chi connectivity index (χ3v) is 6.45. The molecule has 178 valence electrons. The summed E-state index contributed by atoms with van der Waals surface area (Å²) in [5.74, 6) is 0.867. The number of amides is 1. The lowest BCUT2D eigenvalue weighted by atomic mass is 10.1. The van der Waals surface area contributed by atoms with E-state index in [2.05, 4.69) is 34.2 Å². The second-order valence-electron chi connectivity index (χ2n) is 8.90. The maximum absolute atomic E-state index is 13.1. The van der Waals surface area contributed by atoms with Crippen LogP contribution in [0.15, 0.2) is 36.8 Å². The van der Waals surface area contributed by atoms with E-state index in [1.807, 2.05) is 15.8 Å². The molecular formula is C24H27ClN6O3. The Kier molecular flexibility index (Phi) is 6.14. The predicted octanol–water partition coefficient (Wildman–Crippen LogP) is 4.33. The van der Waals surface area contributed by atoms with Crippen molar-refractivity contribution >= 4 is 29.1 Å². The Balaban J connectivity index is 1.36. The first kappa shape index (κ1) is 22.6. The summed E-state index contributed by atoms with van der Waals surface area (Å²) in [7, 11) is 1.57. The maximum atomic E-state index is 13.1. The highest BCUT2D eigenvalue weighted by molar-refractivity contribution is 6.32. The zero-order valence-corrected chi connectivity index (χ0v) is 20.1. The molecule has 2 fully saturated rings. The molecule has 1 amide bonds. The fraction of sp³-hybridized carbons (Fsp3) is 0.417. The highest BCUT2D eigenvalue weighted by Gasteiger charge is 2.36. The van der Waals surface area contributed by atoms with Gasteiger partial charge in [-0.05, 0) is 44.9 Å². The highest BCUT2D eigenvalue weighted by atomic mass is 35.5. The van der Waals surface area contributed by atoms with Crippen molar-refractivity contribution < 1.29 is 14.3 Å². The Labute approximate surface area is 203 Å². The monoisotopic (exact) mass is 482 g/mol. The first-order chi connectivity index (χ1) is 16.4. The molecule has 0 saturated carbocycles. The summed E-state index contributed by atoms with van der Waals surface area (Å²) in [4.78, 5) is 23.9. The number of morpholine rings is 1. The van der Waals surface area contributed by atoms with Gasteiger partial charge in [-0.25, -0.2) is 9.97 Å². The summed E-state index contributed by atoms with van der Waals surface area (Å²) in [6.45, 7) is 5.36. The van der Waals surface area contributed by atoms with Gasteiger partial charge in [-0.1, -0.05) is 11.6 Å². The molecule has 10 heteroatoms. The lowest BCUT2D eigenvalue weighted by Crippen LogP contribution is -2.45. The lowest BCUT2D eigenvalue weighted by Gasteiger charge is -2.32. The van der Waals surface area contributed by atoms with E-state index in [9.17, 15) is 4.79 Å². The van der Waals surface area contributed by atoms with Crippen LogP contribution in [0.1, 0.15) is 43.1 Å². The number of hydrogen-bond acceptors (Lipinski definition) is 7. The number of carbonyl (C=O) groups excluding carboxylic acids is 1. The highest BCUT2D eigenvalue weighted by Crippen LogP contribution is 2.32. The van der Waals surface area contributed by atoms with Crippen LogP contribution in [0, 0.1) is 0 Å². The van der Waals surface area contributed by atoms with Crippen LogP contribution in [0.3, 0.4) is 0 Å². The van der Waals surface area contributed by atoms with E-state index in [-0.39, 0.29) is 24.2 Å². The molecule has 5 rings (SSSR count). The van der Waals surface area contributed by atoms with E-state index in [0.717, 1.165) is 18.4 Å². The van der Waals surface area contributed by atoms with Gasteiger partial charge < -0.3 is 19.7 Å². The van der Waals surface area contributed by atoms with Crippen molar-refractivity contribution in [3.8, 4) is 17.0 Å². The smallest absolute Gasteiger partial charge is 0.254 e. The summed E-state index contributed by atoms with van der Waals surface area (Å²) in [5, 5.41) is 7.98. The number of nitrogens with zero attached hydrogens (tertiary/aromatic N) is 5. The third kappa shape index (κ3) is 4.45. The molecule has 2 aromatic heterocycles. The molecule has 1 N–H and O–H groups in total. The van der Waals surface area contributed by atoms with Crippen LogP contribution in [0.25, 0.3) is 11.3 Å². The summed E-state index contributed by atoms with van der Waals surface area (Å²) in [5.41, 5.74) is 2.60. The largest absolute Gasteiger partial charge is 0.495 e. The van der Waals surface area contributed by atoms with Gasteiger partial charge in [0.2, 0.25) is 5.95 Å². The number of halogens is 1. The molecule has 34 heavy (non-hydrogen) atoms.